The number of aliphatic hydroxyl groups is 1. The monoisotopic (exact) mass is 536 g/mol. The Morgan fingerprint density at radius 1 is 1.22 bits per heavy atom. The van der Waals surface area contributed by atoms with Crippen molar-refractivity contribution in [3.05, 3.63) is 59.3 Å². The van der Waals surface area contributed by atoms with Crippen LogP contribution < -0.4 is 10.1 Å². The van der Waals surface area contributed by atoms with Gasteiger partial charge in [-0.25, -0.2) is 4.98 Å². The molecule has 1 aromatic heterocycles. The lowest BCUT2D eigenvalue weighted by molar-refractivity contribution is -0.115. The number of hydrogen-bond acceptors (Lipinski definition) is 6. The molecule has 0 radical (unpaired) electrons. The number of rotatable bonds is 13. The summed E-state index contributed by atoms with van der Waals surface area (Å²) in [4.78, 5) is 15.6. The van der Waals surface area contributed by atoms with Crippen molar-refractivity contribution in [2.45, 2.75) is 77.7 Å². The zero-order chi connectivity index (χ0) is 27.3. The van der Waals surface area contributed by atoms with E-state index in [-0.39, 0.29) is 18.1 Å². The van der Waals surface area contributed by atoms with E-state index in [1.54, 1.807) is 18.3 Å². The lowest BCUT2D eigenvalue weighted by Crippen LogP contribution is -2.14. The third-order valence-electron chi connectivity index (χ3n) is 5.97. The molecule has 0 amide bonds. The number of Topliss-reactive ketones (excluding diaryl/α,β-unsaturated/α-hetero) is 1. The van der Waals surface area contributed by atoms with Gasteiger partial charge in [0.15, 0.2) is 5.78 Å². The molecule has 2 heterocycles. The summed E-state index contributed by atoms with van der Waals surface area (Å²) in [6.07, 6.45) is 9.31. The number of hydrogen-bond donors (Lipinski definition) is 2. The van der Waals surface area contributed by atoms with E-state index < -0.39 is 5.85 Å². The second-order valence-corrected chi connectivity index (χ2v) is 9.54. The van der Waals surface area contributed by atoms with Crippen LogP contribution in [0.4, 0.5) is 20.3 Å². The van der Waals surface area contributed by atoms with Gasteiger partial charge in [0, 0.05) is 29.4 Å². The maximum absolute atomic E-state index is 12.9. The Kier molecular flexibility index (Phi) is 13.1. The number of benzene rings is 1. The summed E-state index contributed by atoms with van der Waals surface area (Å²) in [6.45, 7) is 7.39. The van der Waals surface area contributed by atoms with Crippen LogP contribution >= 0.6 is 9.24 Å². The lowest BCUT2D eigenvalue weighted by Gasteiger charge is -2.22. The normalized spacial score (nSPS) is 13.9. The number of nitrogens with zero attached hydrogens (tertiary/aromatic N) is 1. The molecule has 2 aromatic rings. The average molecular weight is 537 g/mol. The summed E-state index contributed by atoms with van der Waals surface area (Å²) < 4.78 is 35.4. The number of aromatic nitrogens is 1. The van der Waals surface area contributed by atoms with Gasteiger partial charge in [0.1, 0.15) is 11.6 Å². The Balaban J connectivity index is 0.000000402. The standard InChI is InChI=1S/C20H27F2N2O2P.C8H12O2/c1-3-5-6-14(4-2)18-15(13-25)11-12-23-19(18)24-16-7-9-17(10-8-16)26-20(21,22)27;1-2-3-8(9)7-4-5-10-6-7/h7-12,14,25H,3-6,13,27H2,1-2H3,(H,23,24);4H,2-3,5-6H2,1H3. The second-order valence-electron chi connectivity index (χ2n) is 8.87. The van der Waals surface area contributed by atoms with Gasteiger partial charge < -0.3 is 19.9 Å². The first-order chi connectivity index (χ1) is 17.7. The van der Waals surface area contributed by atoms with Crippen molar-refractivity contribution in [3.8, 4) is 5.75 Å². The molecule has 1 aliphatic heterocycles. The molecule has 0 saturated heterocycles. The first kappa shape index (κ1) is 30.8. The van der Waals surface area contributed by atoms with Crippen LogP contribution in [0, 0.1) is 0 Å². The van der Waals surface area contributed by atoms with Crippen LogP contribution in [-0.4, -0.2) is 34.9 Å². The molecule has 1 aromatic carbocycles. The van der Waals surface area contributed by atoms with Crippen molar-refractivity contribution in [1.29, 1.82) is 0 Å². The molecule has 2 unspecified atom stereocenters. The third kappa shape index (κ3) is 10.5. The topological polar surface area (TPSA) is 80.7 Å². The molecule has 0 bridgehead atoms. The zero-order valence-corrected chi connectivity index (χ0v) is 23.1. The predicted octanol–water partition coefficient (Wildman–Crippen LogP) is 7.12. The highest BCUT2D eigenvalue weighted by Crippen LogP contribution is 2.35. The largest absolute Gasteiger partial charge is 0.430 e. The van der Waals surface area contributed by atoms with E-state index >= 15 is 0 Å². The van der Waals surface area contributed by atoms with E-state index in [2.05, 4.69) is 28.9 Å². The van der Waals surface area contributed by atoms with Gasteiger partial charge in [-0.2, -0.15) is 8.78 Å². The highest BCUT2D eigenvalue weighted by atomic mass is 31.0. The Morgan fingerprint density at radius 3 is 2.49 bits per heavy atom. The van der Waals surface area contributed by atoms with E-state index in [0.29, 0.717) is 37.1 Å². The minimum Gasteiger partial charge on any atom is -0.430 e. The molecule has 6 nitrogen and oxygen atoms in total. The van der Waals surface area contributed by atoms with Gasteiger partial charge in [-0.1, -0.05) is 33.6 Å². The summed E-state index contributed by atoms with van der Waals surface area (Å²) >= 11 is 0. The van der Waals surface area contributed by atoms with E-state index in [4.69, 9.17) is 4.74 Å². The van der Waals surface area contributed by atoms with Crippen molar-refractivity contribution < 1.29 is 28.2 Å². The molecule has 9 heteroatoms. The molecule has 0 fully saturated rings. The van der Waals surface area contributed by atoms with Gasteiger partial charge in [0.05, 0.1) is 19.8 Å². The van der Waals surface area contributed by atoms with E-state index in [1.165, 1.54) is 21.4 Å². The van der Waals surface area contributed by atoms with Crippen LogP contribution in [-0.2, 0) is 16.1 Å². The molecule has 1 aliphatic rings. The Bertz CT molecular complexity index is 1010. The van der Waals surface area contributed by atoms with Gasteiger partial charge in [0.25, 0.3) is 0 Å². The first-order valence-electron chi connectivity index (χ1n) is 12.8. The fourth-order valence-corrected chi connectivity index (χ4v) is 4.21. The van der Waals surface area contributed by atoms with Crippen molar-refractivity contribution in [3.63, 3.8) is 0 Å². The Labute approximate surface area is 221 Å². The zero-order valence-electron chi connectivity index (χ0n) is 21.9. The van der Waals surface area contributed by atoms with Gasteiger partial charge >= 0.3 is 5.85 Å². The maximum atomic E-state index is 12.9. The molecule has 0 aliphatic carbocycles. The van der Waals surface area contributed by atoms with E-state index in [1.807, 2.05) is 19.1 Å². The molecule has 3 rings (SSSR count). The molecule has 37 heavy (non-hydrogen) atoms. The molecule has 204 valence electrons. The number of halogens is 2. The Hall–Kier alpha value is -2.41. The van der Waals surface area contributed by atoms with Crippen molar-refractivity contribution >= 4 is 26.5 Å². The van der Waals surface area contributed by atoms with Crippen LogP contribution in [0.15, 0.2) is 48.2 Å². The average Bonchev–Trinajstić information content (AvgIpc) is 3.41. The fourth-order valence-electron chi connectivity index (χ4n) is 4.08. The smallest absolute Gasteiger partial charge is 0.408 e. The van der Waals surface area contributed by atoms with Crippen LogP contribution in [0.5, 0.6) is 5.75 Å². The van der Waals surface area contributed by atoms with Crippen molar-refractivity contribution in [2.24, 2.45) is 0 Å². The highest BCUT2D eigenvalue weighted by Gasteiger charge is 2.23. The molecule has 2 N–H and O–H groups in total. The number of carbonyl (C=O) groups is 1. The summed E-state index contributed by atoms with van der Waals surface area (Å²) in [7, 11) is 1.35. The minimum atomic E-state index is -3.30. The number of nitrogens with one attached hydrogen (secondary N) is 1. The van der Waals surface area contributed by atoms with Gasteiger partial charge in [-0.3, -0.25) is 4.79 Å². The number of pyridine rings is 1. The van der Waals surface area contributed by atoms with Crippen LogP contribution in [0.2, 0.25) is 0 Å². The number of anilines is 2. The molecular formula is C28H39F2N2O4P. The fraction of sp³-hybridized carbons (Fsp3) is 0.500. The first-order valence-corrected chi connectivity index (χ1v) is 13.4. The van der Waals surface area contributed by atoms with Gasteiger partial charge in [-0.15, -0.1) is 0 Å². The highest BCUT2D eigenvalue weighted by molar-refractivity contribution is 7.17. The third-order valence-corrected chi connectivity index (χ3v) is 6.09. The number of aliphatic hydroxyl groups excluding tert-OH is 1. The number of carbonyl (C=O) groups excluding carboxylic acids is 1. The quantitative estimate of drug-likeness (QED) is 0.266. The van der Waals surface area contributed by atoms with Crippen LogP contribution in [0.3, 0.4) is 0 Å². The number of ketones is 1. The second kappa shape index (κ2) is 15.8. The van der Waals surface area contributed by atoms with Crippen LogP contribution in [0.25, 0.3) is 0 Å². The lowest BCUT2D eigenvalue weighted by atomic mass is 9.88. The predicted molar refractivity (Wildman–Crippen MR) is 147 cm³/mol. The summed E-state index contributed by atoms with van der Waals surface area (Å²) in [5.41, 5.74) is 3.45. The molecular weight excluding hydrogens is 497 g/mol. The van der Waals surface area contributed by atoms with E-state index in [9.17, 15) is 18.7 Å². The number of ether oxygens (including phenoxy) is 2. The summed E-state index contributed by atoms with van der Waals surface area (Å²) in [5, 5.41) is 13.0. The SMILES string of the molecule is CCCC(=O)C1=CCOC1.CCCCC(CC)c1c(CO)ccnc1Nc1ccc(OC(F)(F)P)cc1. The van der Waals surface area contributed by atoms with Crippen molar-refractivity contribution in [1.82, 2.24) is 4.98 Å². The Morgan fingerprint density at radius 2 is 1.95 bits per heavy atom. The van der Waals surface area contributed by atoms with E-state index in [0.717, 1.165) is 48.8 Å². The number of unbranched alkanes of at least 4 members (excludes halogenated alkanes) is 1. The summed E-state index contributed by atoms with van der Waals surface area (Å²) in [6, 6.07) is 8.12. The van der Waals surface area contributed by atoms with Crippen LogP contribution in [0.1, 0.15) is 76.3 Å². The van der Waals surface area contributed by atoms with Crippen molar-refractivity contribution in [2.75, 3.05) is 18.5 Å². The van der Waals surface area contributed by atoms with Gasteiger partial charge in [-0.05, 0) is 76.4 Å². The maximum Gasteiger partial charge on any atom is 0.408 e. The molecule has 0 saturated carbocycles. The summed E-state index contributed by atoms with van der Waals surface area (Å²) in [5.74, 6) is -1.99. The minimum absolute atomic E-state index is 0.0504. The van der Waals surface area contributed by atoms with Gasteiger partial charge in [0.2, 0.25) is 0 Å². The molecule has 2 atom stereocenters. The number of alkyl halides is 2. The molecule has 0 spiro atoms.